The number of ether oxygens (including phenoxy) is 1. The molecule has 2 N–H and O–H groups in total. The Morgan fingerprint density at radius 1 is 1.03 bits per heavy atom. The first-order valence-electron chi connectivity index (χ1n) is 11.7. The van der Waals surface area contributed by atoms with Gasteiger partial charge in [0.25, 0.3) is 5.91 Å². The highest BCUT2D eigenvalue weighted by molar-refractivity contribution is 6.32. The van der Waals surface area contributed by atoms with E-state index in [1.165, 1.54) is 36.1 Å². The summed E-state index contributed by atoms with van der Waals surface area (Å²) >= 11 is 6.23. The minimum absolute atomic E-state index is 0.121. The quantitative estimate of drug-likeness (QED) is 0.447. The molecule has 6 rings (SSSR count). The lowest BCUT2D eigenvalue weighted by atomic mass is 9.68. The van der Waals surface area contributed by atoms with Gasteiger partial charge in [0.2, 0.25) is 0 Å². The van der Waals surface area contributed by atoms with Crippen LogP contribution in [0.15, 0.2) is 66.7 Å². The molecule has 5 heteroatoms. The molecule has 33 heavy (non-hydrogen) atoms. The number of fused-ring (bicyclic) bond motifs is 7. The molecule has 2 bridgehead atoms. The Morgan fingerprint density at radius 3 is 2.64 bits per heavy atom. The number of rotatable bonds is 4. The van der Waals surface area contributed by atoms with Crippen LogP contribution in [0.2, 0.25) is 5.02 Å². The largest absolute Gasteiger partial charge is 0.495 e. The van der Waals surface area contributed by atoms with E-state index in [0.717, 1.165) is 5.92 Å². The molecule has 0 unspecified atom stereocenters. The first-order chi connectivity index (χ1) is 16.1. The summed E-state index contributed by atoms with van der Waals surface area (Å²) < 4.78 is 5.21. The molecule has 0 saturated heterocycles. The summed E-state index contributed by atoms with van der Waals surface area (Å²) in [5.41, 5.74) is 5.18. The van der Waals surface area contributed by atoms with E-state index in [4.69, 9.17) is 16.3 Å². The fraction of sp³-hybridized carbons (Fsp3) is 0.321. The lowest BCUT2D eigenvalue weighted by Gasteiger charge is -2.43. The molecule has 2 saturated carbocycles. The molecule has 3 aromatic carbocycles. The highest BCUT2D eigenvalue weighted by atomic mass is 35.5. The molecule has 4 nitrogen and oxygen atoms in total. The summed E-state index contributed by atoms with van der Waals surface area (Å²) in [5.74, 6) is 3.02. The van der Waals surface area contributed by atoms with Gasteiger partial charge in [0, 0.05) is 16.9 Å². The van der Waals surface area contributed by atoms with Crippen molar-refractivity contribution in [1.29, 1.82) is 0 Å². The number of hydrogen-bond donors (Lipinski definition) is 2. The van der Waals surface area contributed by atoms with Crippen LogP contribution in [0.5, 0.6) is 5.75 Å². The molecule has 3 aromatic rings. The number of amides is 1. The summed E-state index contributed by atoms with van der Waals surface area (Å²) in [6.07, 6.45) is 3.93. The van der Waals surface area contributed by atoms with Gasteiger partial charge in [0.15, 0.2) is 0 Å². The Bertz CT molecular complexity index is 1210. The molecule has 168 valence electrons. The van der Waals surface area contributed by atoms with E-state index < -0.39 is 0 Å². The fourth-order valence-corrected chi connectivity index (χ4v) is 6.82. The monoisotopic (exact) mass is 458 g/mol. The van der Waals surface area contributed by atoms with Gasteiger partial charge in [-0.15, -0.1) is 0 Å². The maximum atomic E-state index is 13.1. The smallest absolute Gasteiger partial charge is 0.255 e. The van der Waals surface area contributed by atoms with Gasteiger partial charge in [-0.25, -0.2) is 0 Å². The van der Waals surface area contributed by atoms with Crippen LogP contribution in [0.3, 0.4) is 0 Å². The van der Waals surface area contributed by atoms with Crippen molar-refractivity contribution in [2.45, 2.75) is 31.2 Å². The van der Waals surface area contributed by atoms with Crippen molar-refractivity contribution in [3.8, 4) is 5.75 Å². The highest BCUT2D eigenvalue weighted by Gasteiger charge is 2.53. The number of carbonyl (C=O) groups is 1. The zero-order valence-corrected chi connectivity index (χ0v) is 19.3. The zero-order chi connectivity index (χ0) is 22.5. The van der Waals surface area contributed by atoms with Gasteiger partial charge in [-0.3, -0.25) is 4.79 Å². The van der Waals surface area contributed by atoms with Gasteiger partial charge in [0.1, 0.15) is 5.75 Å². The molecule has 1 aliphatic heterocycles. The van der Waals surface area contributed by atoms with Gasteiger partial charge >= 0.3 is 0 Å². The predicted molar refractivity (Wildman–Crippen MR) is 132 cm³/mol. The minimum atomic E-state index is -0.121. The van der Waals surface area contributed by atoms with E-state index in [2.05, 4.69) is 53.1 Å². The van der Waals surface area contributed by atoms with Crippen LogP contribution < -0.4 is 15.4 Å². The number of benzene rings is 3. The van der Waals surface area contributed by atoms with E-state index in [9.17, 15) is 4.79 Å². The van der Waals surface area contributed by atoms with Crippen LogP contribution in [-0.2, 0) is 0 Å². The molecule has 2 aliphatic carbocycles. The maximum Gasteiger partial charge on any atom is 0.255 e. The summed E-state index contributed by atoms with van der Waals surface area (Å²) in [5, 5.41) is 7.30. The Balaban J connectivity index is 1.32. The second kappa shape index (κ2) is 8.11. The van der Waals surface area contributed by atoms with E-state index >= 15 is 0 Å². The summed E-state index contributed by atoms with van der Waals surface area (Å²) in [6, 6.07) is 22.6. The molecule has 3 aliphatic rings. The molecule has 0 radical (unpaired) electrons. The molecule has 2 fully saturated rings. The molecule has 0 spiro atoms. The minimum Gasteiger partial charge on any atom is -0.495 e. The average molecular weight is 459 g/mol. The third kappa shape index (κ3) is 3.48. The zero-order valence-electron chi connectivity index (χ0n) is 18.6. The number of nitrogens with one attached hydrogen (secondary N) is 2. The topological polar surface area (TPSA) is 50.4 Å². The predicted octanol–water partition coefficient (Wildman–Crippen LogP) is 6.90. The molecule has 1 heterocycles. The number of methoxy groups -OCH3 is 1. The van der Waals surface area contributed by atoms with Crippen LogP contribution in [0, 0.1) is 17.8 Å². The third-order valence-electron chi connectivity index (χ3n) is 7.92. The van der Waals surface area contributed by atoms with Crippen LogP contribution >= 0.6 is 11.6 Å². The fourth-order valence-electron chi connectivity index (χ4n) is 6.57. The Hall–Kier alpha value is -2.98. The average Bonchev–Trinajstić information content (AvgIpc) is 3.47. The van der Waals surface area contributed by atoms with Gasteiger partial charge in [-0.2, -0.15) is 0 Å². The lowest BCUT2D eigenvalue weighted by molar-refractivity contribution is 0.102. The number of carbonyl (C=O) groups excluding carboxylic acids is 1. The molecular weight excluding hydrogens is 432 g/mol. The first kappa shape index (κ1) is 20.6. The van der Waals surface area contributed by atoms with Crippen molar-refractivity contribution < 1.29 is 9.53 Å². The van der Waals surface area contributed by atoms with Gasteiger partial charge in [-0.1, -0.05) is 41.9 Å². The third-order valence-corrected chi connectivity index (χ3v) is 8.21. The van der Waals surface area contributed by atoms with Crippen molar-refractivity contribution in [2.24, 2.45) is 17.8 Å². The highest BCUT2D eigenvalue weighted by Crippen LogP contribution is 2.63. The van der Waals surface area contributed by atoms with Gasteiger partial charge in [0.05, 0.1) is 18.2 Å². The van der Waals surface area contributed by atoms with Gasteiger partial charge in [-0.05, 0) is 90.5 Å². The van der Waals surface area contributed by atoms with Gasteiger partial charge < -0.3 is 15.4 Å². The van der Waals surface area contributed by atoms with E-state index in [-0.39, 0.29) is 5.91 Å². The molecule has 5 atom stereocenters. The summed E-state index contributed by atoms with van der Waals surface area (Å²) in [6.45, 7) is 0. The Kier molecular flexibility index (Phi) is 5.06. The molecule has 1 amide bonds. The van der Waals surface area contributed by atoms with Crippen molar-refractivity contribution in [3.05, 3.63) is 88.4 Å². The van der Waals surface area contributed by atoms with Crippen molar-refractivity contribution in [3.63, 3.8) is 0 Å². The Labute approximate surface area is 199 Å². The molecule has 0 aromatic heterocycles. The van der Waals surface area contributed by atoms with Crippen molar-refractivity contribution >= 4 is 28.9 Å². The van der Waals surface area contributed by atoms with E-state index in [0.29, 0.717) is 45.8 Å². The van der Waals surface area contributed by atoms with Crippen molar-refractivity contribution in [1.82, 2.24) is 0 Å². The normalized spacial score (nSPS) is 26.8. The number of anilines is 2. The van der Waals surface area contributed by atoms with Crippen molar-refractivity contribution in [2.75, 3.05) is 17.7 Å². The number of halogens is 1. The summed E-state index contributed by atoms with van der Waals surface area (Å²) in [4.78, 5) is 13.1. The second-order valence-electron chi connectivity index (χ2n) is 9.57. The van der Waals surface area contributed by atoms with Crippen LogP contribution in [0.1, 0.15) is 52.7 Å². The number of hydrogen-bond acceptors (Lipinski definition) is 3. The standard InChI is InChI=1S/C28H27ClN2O2/c1-33-24-12-10-20(15-22(24)29)30-28(32)19-9-11-23-21(14-19)25-17-7-8-18(13-17)26(25)27(31-23)16-5-3-2-4-6-16/h2-6,9-12,14-15,17-18,25-27,31H,7-8,13H2,1H3,(H,30,32)/t17-,18-,25-,26+,27+/m0/s1. The maximum absolute atomic E-state index is 13.1. The summed E-state index contributed by atoms with van der Waals surface area (Å²) in [7, 11) is 1.58. The van der Waals surface area contributed by atoms with Crippen LogP contribution in [0.4, 0.5) is 11.4 Å². The second-order valence-corrected chi connectivity index (χ2v) is 9.98. The van der Waals surface area contributed by atoms with Crippen LogP contribution in [-0.4, -0.2) is 13.0 Å². The van der Waals surface area contributed by atoms with E-state index in [1.54, 1.807) is 25.3 Å². The Morgan fingerprint density at radius 2 is 1.85 bits per heavy atom. The SMILES string of the molecule is COc1ccc(NC(=O)c2ccc3c(c2)[C@@H]2[C@H]4CC[C@@H](C4)[C@H]2[C@@H](c2ccccc2)N3)cc1Cl. The van der Waals surface area contributed by atoms with Crippen LogP contribution in [0.25, 0.3) is 0 Å². The lowest BCUT2D eigenvalue weighted by Crippen LogP contribution is -2.35. The van der Waals surface area contributed by atoms with E-state index in [1.807, 2.05) is 6.07 Å². The first-order valence-corrected chi connectivity index (χ1v) is 12.1. The molecular formula is C28H27ClN2O2.